The molecule has 126 valence electrons. The summed E-state index contributed by atoms with van der Waals surface area (Å²) >= 11 is 0. The Morgan fingerprint density at radius 3 is 2.46 bits per heavy atom. The lowest BCUT2D eigenvalue weighted by molar-refractivity contribution is -0.117. The fourth-order valence-electron chi connectivity index (χ4n) is 3.55. The molecule has 4 nitrogen and oxygen atoms in total. The van der Waals surface area contributed by atoms with Gasteiger partial charge in [-0.15, -0.1) is 0 Å². The van der Waals surface area contributed by atoms with Gasteiger partial charge in [0.1, 0.15) is 0 Å². The first-order valence-electron chi connectivity index (χ1n) is 8.42. The van der Waals surface area contributed by atoms with Gasteiger partial charge in [-0.3, -0.25) is 9.69 Å². The third kappa shape index (κ3) is 4.02. The Balaban J connectivity index is 1.59. The number of likely N-dealkylation sites (tertiary alicyclic amines) is 1. The number of nitrogens with one attached hydrogen (secondary N) is 1. The van der Waals surface area contributed by atoms with E-state index in [1.54, 1.807) is 0 Å². The van der Waals surface area contributed by atoms with Crippen LogP contribution in [0.5, 0.6) is 0 Å². The van der Waals surface area contributed by atoms with Crippen LogP contribution in [0.25, 0.3) is 0 Å². The number of hydrogen-bond donors (Lipinski definition) is 2. The summed E-state index contributed by atoms with van der Waals surface area (Å²) in [6.07, 6.45) is 0. The number of carbonyl (C=O) groups excluding carboxylic acids is 1. The number of hydrogen-bond acceptors (Lipinski definition) is 3. The highest BCUT2D eigenvalue weighted by Crippen LogP contribution is 2.26. The van der Waals surface area contributed by atoms with E-state index in [0.717, 1.165) is 29.9 Å². The topological polar surface area (TPSA) is 58.4 Å². The first-order valence-corrected chi connectivity index (χ1v) is 8.42. The zero-order valence-corrected chi connectivity index (χ0v) is 14.3. The zero-order valence-electron chi connectivity index (χ0n) is 14.3. The number of rotatable bonds is 4. The van der Waals surface area contributed by atoms with Crippen molar-refractivity contribution in [1.29, 1.82) is 0 Å². The van der Waals surface area contributed by atoms with Crippen LogP contribution in [0.1, 0.15) is 22.6 Å². The summed E-state index contributed by atoms with van der Waals surface area (Å²) in [4.78, 5) is 14.5. The molecule has 1 aliphatic heterocycles. The molecule has 0 aromatic heterocycles. The predicted molar refractivity (Wildman–Crippen MR) is 98.1 cm³/mol. The Labute approximate surface area is 143 Å². The summed E-state index contributed by atoms with van der Waals surface area (Å²) in [6, 6.07) is 16.5. The molecule has 1 aliphatic rings. The molecule has 2 atom stereocenters. The van der Waals surface area contributed by atoms with Crippen LogP contribution in [-0.4, -0.2) is 36.5 Å². The third-order valence-corrected chi connectivity index (χ3v) is 4.54. The summed E-state index contributed by atoms with van der Waals surface area (Å²) in [6.45, 7) is 6.02. The molecule has 1 saturated heterocycles. The third-order valence-electron chi connectivity index (χ3n) is 4.54. The van der Waals surface area contributed by atoms with Crippen molar-refractivity contribution < 1.29 is 4.79 Å². The predicted octanol–water partition coefficient (Wildman–Crippen LogP) is 2.67. The SMILES string of the molecule is Cc1cc(C)cc(NC(=O)CN2C[C@@H](N)[C@H](c3ccccc3)C2)c1. The summed E-state index contributed by atoms with van der Waals surface area (Å²) in [5.74, 6) is 0.307. The molecule has 1 amide bonds. The van der Waals surface area contributed by atoms with Gasteiger partial charge < -0.3 is 11.1 Å². The van der Waals surface area contributed by atoms with Crippen molar-refractivity contribution in [3.8, 4) is 0 Å². The largest absolute Gasteiger partial charge is 0.326 e. The van der Waals surface area contributed by atoms with Gasteiger partial charge in [0.15, 0.2) is 0 Å². The van der Waals surface area contributed by atoms with E-state index in [4.69, 9.17) is 5.73 Å². The lowest BCUT2D eigenvalue weighted by Gasteiger charge is -2.16. The lowest BCUT2D eigenvalue weighted by Crippen LogP contribution is -2.33. The molecule has 0 unspecified atom stereocenters. The van der Waals surface area contributed by atoms with Crippen molar-refractivity contribution in [2.45, 2.75) is 25.8 Å². The van der Waals surface area contributed by atoms with E-state index in [9.17, 15) is 4.79 Å². The second-order valence-corrected chi connectivity index (χ2v) is 6.80. The van der Waals surface area contributed by atoms with Crippen LogP contribution in [0, 0.1) is 13.8 Å². The van der Waals surface area contributed by atoms with Crippen LogP contribution in [0.3, 0.4) is 0 Å². The van der Waals surface area contributed by atoms with E-state index in [0.29, 0.717) is 12.5 Å². The average Bonchev–Trinajstić information content (AvgIpc) is 2.87. The van der Waals surface area contributed by atoms with Crippen LogP contribution in [0.15, 0.2) is 48.5 Å². The van der Waals surface area contributed by atoms with Crippen LogP contribution in [-0.2, 0) is 4.79 Å². The molecule has 1 fully saturated rings. The van der Waals surface area contributed by atoms with Gasteiger partial charge in [0.25, 0.3) is 0 Å². The Morgan fingerprint density at radius 1 is 1.12 bits per heavy atom. The molecule has 0 radical (unpaired) electrons. The molecule has 4 heteroatoms. The standard InChI is InChI=1S/C20H25N3O/c1-14-8-15(2)10-17(9-14)22-20(24)13-23-11-18(19(21)12-23)16-6-4-3-5-7-16/h3-10,18-19H,11-13,21H2,1-2H3,(H,22,24)/t18-,19+/m0/s1. The van der Waals surface area contributed by atoms with Crippen LogP contribution >= 0.6 is 0 Å². The van der Waals surface area contributed by atoms with Crippen molar-refractivity contribution in [2.24, 2.45) is 5.73 Å². The fourth-order valence-corrected chi connectivity index (χ4v) is 3.55. The summed E-state index contributed by atoms with van der Waals surface area (Å²) < 4.78 is 0. The maximum Gasteiger partial charge on any atom is 0.238 e. The maximum absolute atomic E-state index is 12.3. The Hall–Kier alpha value is -2.17. The molecular weight excluding hydrogens is 298 g/mol. The van der Waals surface area contributed by atoms with Crippen LogP contribution < -0.4 is 11.1 Å². The summed E-state index contributed by atoms with van der Waals surface area (Å²) in [5, 5.41) is 3.00. The summed E-state index contributed by atoms with van der Waals surface area (Å²) in [7, 11) is 0. The number of amides is 1. The highest BCUT2D eigenvalue weighted by Gasteiger charge is 2.31. The van der Waals surface area contributed by atoms with E-state index in [1.165, 1.54) is 5.56 Å². The van der Waals surface area contributed by atoms with Gasteiger partial charge >= 0.3 is 0 Å². The van der Waals surface area contributed by atoms with Crippen LogP contribution in [0.2, 0.25) is 0 Å². The van der Waals surface area contributed by atoms with Gasteiger partial charge in [-0.1, -0.05) is 36.4 Å². The van der Waals surface area contributed by atoms with Gasteiger partial charge in [-0.25, -0.2) is 0 Å². The molecule has 0 saturated carbocycles. The fraction of sp³-hybridized carbons (Fsp3) is 0.350. The smallest absolute Gasteiger partial charge is 0.238 e. The molecule has 3 N–H and O–H groups in total. The lowest BCUT2D eigenvalue weighted by atomic mass is 9.95. The number of aryl methyl sites for hydroxylation is 2. The molecule has 0 spiro atoms. The first-order chi connectivity index (χ1) is 11.5. The number of carbonyl (C=O) groups is 1. The van der Waals surface area contributed by atoms with E-state index < -0.39 is 0 Å². The van der Waals surface area contributed by atoms with Gasteiger partial charge in [0.05, 0.1) is 6.54 Å². The number of benzene rings is 2. The zero-order chi connectivity index (χ0) is 17.1. The monoisotopic (exact) mass is 323 g/mol. The summed E-state index contributed by atoms with van der Waals surface area (Å²) in [5.41, 5.74) is 10.7. The highest BCUT2D eigenvalue weighted by atomic mass is 16.2. The number of nitrogens with two attached hydrogens (primary N) is 1. The Morgan fingerprint density at radius 2 is 1.79 bits per heavy atom. The molecule has 0 aliphatic carbocycles. The quantitative estimate of drug-likeness (QED) is 0.909. The van der Waals surface area contributed by atoms with Gasteiger partial charge in [0, 0.05) is 30.7 Å². The Kier molecular flexibility index (Phi) is 4.97. The van der Waals surface area contributed by atoms with Crippen molar-refractivity contribution in [2.75, 3.05) is 25.0 Å². The Bertz CT molecular complexity index is 694. The number of nitrogens with zero attached hydrogens (tertiary/aromatic N) is 1. The van der Waals surface area contributed by atoms with E-state index in [1.807, 2.05) is 44.2 Å². The van der Waals surface area contributed by atoms with Gasteiger partial charge in [0.2, 0.25) is 5.91 Å². The van der Waals surface area contributed by atoms with Gasteiger partial charge in [-0.2, -0.15) is 0 Å². The normalized spacial score (nSPS) is 21.0. The molecule has 2 aromatic rings. The van der Waals surface area contributed by atoms with Gasteiger partial charge in [-0.05, 0) is 42.7 Å². The minimum atomic E-state index is 0.0147. The first kappa shape index (κ1) is 16.7. The van der Waals surface area contributed by atoms with Crippen molar-refractivity contribution in [3.05, 3.63) is 65.2 Å². The molecule has 3 rings (SSSR count). The molecule has 1 heterocycles. The molecule has 24 heavy (non-hydrogen) atoms. The van der Waals surface area contributed by atoms with E-state index >= 15 is 0 Å². The van der Waals surface area contributed by atoms with Crippen LogP contribution in [0.4, 0.5) is 5.69 Å². The van der Waals surface area contributed by atoms with Crippen molar-refractivity contribution in [3.63, 3.8) is 0 Å². The van der Waals surface area contributed by atoms with Crippen molar-refractivity contribution >= 4 is 11.6 Å². The second-order valence-electron chi connectivity index (χ2n) is 6.80. The van der Waals surface area contributed by atoms with Crippen molar-refractivity contribution in [1.82, 2.24) is 4.90 Å². The molecule has 2 aromatic carbocycles. The molecule has 0 bridgehead atoms. The minimum absolute atomic E-state index is 0.0147. The second kappa shape index (κ2) is 7.16. The van der Waals surface area contributed by atoms with E-state index in [-0.39, 0.29) is 11.9 Å². The maximum atomic E-state index is 12.3. The minimum Gasteiger partial charge on any atom is -0.326 e. The number of anilines is 1. The van der Waals surface area contributed by atoms with E-state index in [2.05, 4.69) is 28.4 Å². The average molecular weight is 323 g/mol. The molecular formula is C20H25N3O. The highest BCUT2D eigenvalue weighted by molar-refractivity contribution is 5.92.